The molecule has 2 atom stereocenters. The maximum Gasteiger partial charge on any atom is 0.319 e. The number of nitro benzene ring substituents is 1. The van der Waals surface area contributed by atoms with Crippen LogP contribution in [-0.2, 0) is 0 Å². The Morgan fingerprint density at radius 2 is 1.73 bits per heavy atom. The van der Waals surface area contributed by atoms with E-state index in [4.69, 9.17) is 0 Å². The first kappa shape index (κ1) is 18.7. The maximum absolute atomic E-state index is 12.5. The number of benzene rings is 1. The highest BCUT2D eigenvalue weighted by Crippen LogP contribution is 2.48. The van der Waals surface area contributed by atoms with Crippen LogP contribution in [0, 0.1) is 21.4 Å². The average Bonchev–Trinajstić information content (AvgIpc) is 2.65. The van der Waals surface area contributed by atoms with Gasteiger partial charge in [-0.3, -0.25) is 10.1 Å². The number of nitrogens with zero attached hydrogens (tertiary/aromatic N) is 1. The van der Waals surface area contributed by atoms with Gasteiger partial charge in [0, 0.05) is 23.9 Å². The van der Waals surface area contributed by atoms with Gasteiger partial charge < -0.3 is 10.6 Å². The van der Waals surface area contributed by atoms with Crippen LogP contribution in [-0.4, -0.2) is 17.0 Å². The minimum absolute atomic E-state index is 0.0214. The number of non-ortho nitro benzene ring substituents is 1. The van der Waals surface area contributed by atoms with E-state index in [0.717, 1.165) is 12.8 Å². The fraction of sp³-hybridized carbons (Fsp3) is 0.650. The van der Waals surface area contributed by atoms with E-state index < -0.39 is 4.92 Å². The Kier molecular flexibility index (Phi) is 5.79. The quantitative estimate of drug-likeness (QED) is 0.569. The molecule has 2 saturated carbocycles. The number of hydrogen-bond donors (Lipinski definition) is 2. The van der Waals surface area contributed by atoms with Crippen molar-refractivity contribution in [2.75, 3.05) is 5.32 Å². The predicted molar refractivity (Wildman–Crippen MR) is 102 cm³/mol. The third-order valence-electron chi connectivity index (χ3n) is 6.43. The lowest BCUT2D eigenvalue weighted by molar-refractivity contribution is -0.384. The summed E-state index contributed by atoms with van der Waals surface area (Å²) >= 11 is 0. The normalized spacial score (nSPS) is 26.9. The summed E-state index contributed by atoms with van der Waals surface area (Å²) in [5, 5.41) is 16.8. The summed E-state index contributed by atoms with van der Waals surface area (Å²) < 4.78 is 0. The SMILES string of the molecule is CC1(C2CCCCC2)CCCCC1NC(=O)Nc1ccc([N+](=O)[O-])cc1. The zero-order chi connectivity index (χ0) is 18.6. The summed E-state index contributed by atoms with van der Waals surface area (Å²) in [5.41, 5.74) is 0.766. The molecule has 0 aliphatic heterocycles. The average molecular weight is 359 g/mol. The van der Waals surface area contributed by atoms with Crippen molar-refractivity contribution in [2.24, 2.45) is 11.3 Å². The molecule has 6 heteroatoms. The van der Waals surface area contributed by atoms with E-state index in [1.54, 1.807) is 12.1 Å². The lowest BCUT2D eigenvalue weighted by Crippen LogP contribution is -2.53. The van der Waals surface area contributed by atoms with Gasteiger partial charge in [0.05, 0.1) is 4.92 Å². The molecule has 0 saturated heterocycles. The van der Waals surface area contributed by atoms with E-state index in [2.05, 4.69) is 17.6 Å². The van der Waals surface area contributed by atoms with Crippen molar-refractivity contribution in [1.82, 2.24) is 5.32 Å². The first-order chi connectivity index (χ1) is 12.5. The van der Waals surface area contributed by atoms with Gasteiger partial charge in [-0.2, -0.15) is 0 Å². The van der Waals surface area contributed by atoms with E-state index in [-0.39, 0.29) is 23.2 Å². The van der Waals surface area contributed by atoms with Gasteiger partial charge in [0.15, 0.2) is 0 Å². The molecule has 2 aliphatic carbocycles. The van der Waals surface area contributed by atoms with Crippen LogP contribution in [0.5, 0.6) is 0 Å². The van der Waals surface area contributed by atoms with Gasteiger partial charge in [-0.25, -0.2) is 4.79 Å². The van der Waals surface area contributed by atoms with Crippen molar-refractivity contribution in [3.63, 3.8) is 0 Å². The minimum atomic E-state index is -0.443. The number of hydrogen-bond acceptors (Lipinski definition) is 3. The molecule has 26 heavy (non-hydrogen) atoms. The standard InChI is InChI=1S/C20H29N3O3/c1-20(15-7-3-2-4-8-15)14-6-5-9-18(20)22-19(24)21-16-10-12-17(13-11-16)23(25)26/h10-13,15,18H,2-9,14H2,1H3,(H2,21,22,24). The summed E-state index contributed by atoms with van der Waals surface area (Å²) in [4.78, 5) is 22.8. The Bertz CT molecular complexity index is 640. The molecule has 3 rings (SSSR count). The molecule has 0 aromatic heterocycles. The molecule has 0 spiro atoms. The Morgan fingerprint density at radius 1 is 1.08 bits per heavy atom. The molecule has 142 valence electrons. The Hall–Kier alpha value is -2.11. The number of carbonyl (C=O) groups is 1. The molecule has 2 unspecified atom stereocenters. The van der Waals surface area contributed by atoms with E-state index in [0.29, 0.717) is 11.6 Å². The molecule has 2 aliphatic rings. The number of nitrogens with one attached hydrogen (secondary N) is 2. The molecule has 0 heterocycles. The summed E-state index contributed by atoms with van der Waals surface area (Å²) in [6.07, 6.45) is 11.1. The highest BCUT2D eigenvalue weighted by atomic mass is 16.6. The van der Waals surface area contributed by atoms with Gasteiger partial charge in [-0.05, 0) is 49.1 Å². The summed E-state index contributed by atoms with van der Waals surface area (Å²) in [5.74, 6) is 0.696. The second kappa shape index (κ2) is 8.06. The van der Waals surface area contributed by atoms with Gasteiger partial charge in [0.2, 0.25) is 0 Å². The highest BCUT2D eigenvalue weighted by molar-refractivity contribution is 5.89. The highest BCUT2D eigenvalue weighted by Gasteiger charge is 2.43. The second-order valence-electron chi connectivity index (χ2n) is 8.04. The number of carbonyl (C=O) groups excluding carboxylic acids is 1. The lowest BCUT2D eigenvalue weighted by Gasteiger charge is -2.48. The van der Waals surface area contributed by atoms with E-state index in [9.17, 15) is 14.9 Å². The first-order valence-corrected chi connectivity index (χ1v) is 9.81. The van der Waals surface area contributed by atoms with Crippen LogP contribution in [0.4, 0.5) is 16.2 Å². The second-order valence-corrected chi connectivity index (χ2v) is 8.04. The largest absolute Gasteiger partial charge is 0.335 e. The topological polar surface area (TPSA) is 84.3 Å². The molecule has 0 radical (unpaired) electrons. The Balaban J connectivity index is 1.63. The van der Waals surface area contributed by atoms with Gasteiger partial charge in [0.25, 0.3) is 5.69 Å². The molecular formula is C20H29N3O3. The van der Waals surface area contributed by atoms with Crippen LogP contribution in [0.2, 0.25) is 0 Å². The van der Waals surface area contributed by atoms with Crippen molar-refractivity contribution in [1.29, 1.82) is 0 Å². The molecule has 0 bridgehead atoms. The minimum Gasteiger partial charge on any atom is -0.335 e. The number of nitro groups is 1. The molecule has 2 fully saturated rings. The van der Waals surface area contributed by atoms with Crippen LogP contribution in [0.3, 0.4) is 0 Å². The Morgan fingerprint density at radius 3 is 2.38 bits per heavy atom. The van der Waals surface area contributed by atoms with Crippen LogP contribution >= 0.6 is 0 Å². The van der Waals surface area contributed by atoms with Crippen LogP contribution in [0.1, 0.15) is 64.7 Å². The maximum atomic E-state index is 12.5. The van der Waals surface area contributed by atoms with Crippen LogP contribution in [0.15, 0.2) is 24.3 Å². The van der Waals surface area contributed by atoms with E-state index in [1.807, 2.05) is 0 Å². The molecule has 1 aromatic carbocycles. The summed E-state index contributed by atoms with van der Waals surface area (Å²) in [7, 11) is 0. The van der Waals surface area contributed by atoms with Crippen molar-refractivity contribution in [3.05, 3.63) is 34.4 Å². The monoisotopic (exact) mass is 359 g/mol. The van der Waals surface area contributed by atoms with Crippen molar-refractivity contribution < 1.29 is 9.72 Å². The first-order valence-electron chi connectivity index (χ1n) is 9.81. The molecule has 1 aromatic rings. The van der Waals surface area contributed by atoms with Gasteiger partial charge in [0.1, 0.15) is 0 Å². The molecule has 6 nitrogen and oxygen atoms in total. The lowest BCUT2D eigenvalue weighted by atomic mass is 9.60. The number of anilines is 1. The van der Waals surface area contributed by atoms with Crippen LogP contribution in [0.25, 0.3) is 0 Å². The molecular weight excluding hydrogens is 330 g/mol. The van der Waals surface area contributed by atoms with Crippen molar-refractivity contribution >= 4 is 17.4 Å². The van der Waals surface area contributed by atoms with E-state index >= 15 is 0 Å². The van der Waals surface area contributed by atoms with Gasteiger partial charge >= 0.3 is 6.03 Å². The third-order valence-corrected chi connectivity index (χ3v) is 6.43. The number of urea groups is 1. The van der Waals surface area contributed by atoms with Gasteiger partial charge in [-0.1, -0.05) is 39.0 Å². The molecule has 2 amide bonds. The van der Waals surface area contributed by atoms with Crippen molar-refractivity contribution in [3.8, 4) is 0 Å². The molecule has 2 N–H and O–H groups in total. The van der Waals surface area contributed by atoms with Crippen molar-refractivity contribution in [2.45, 2.75) is 70.8 Å². The fourth-order valence-electron chi connectivity index (χ4n) is 4.84. The predicted octanol–water partition coefficient (Wildman–Crippen LogP) is 5.25. The van der Waals surface area contributed by atoms with Crippen LogP contribution < -0.4 is 10.6 Å². The number of amides is 2. The fourth-order valence-corrected chi connectivity index (χ4v) is 4.84. The smallest absolute Gasteiger partial charge is 0.319 e. The summed E-state index contributed by atoms with van der Waals surface area (Å²) in [6.45, 7) is 2.36. The summed E-state index contributed by atoms with van der Waals surface area (Å²) in [6, 6.07) is 5.92. The Labute approximate surface area is 154 Å². The zero-order valence-electron chi connectivity index (χ0n) is 15.5. The zero-order valence-corrected chi connectivity index (χ0v) is 15.5. The third kappa shape index (κ3) is 4.17. The van der Waals surface area contributed by atoms with E-state index in [1.165, 1.54) is 57.1 Å². The van der Waals surface area contributed by atoms with Gasteiger partial charge in [-0.15, -0.1) is 0 Å². The number of rotatable bonds is 4.